The van der Waals surface area contributed by atoms with E-state index in [1.54, 1.807) is 0 Å². The van der Waals surface area contributed by atoms with Crippen molar-refractivity contribution in [3.05, 3.63) is 83.6 Å². The molecular weight excluding hydrogens is 511 g/mol. The van der Waals surface area contributed by atoms with E-state index in [-0.39, 0.29) is 35.1 Å². The highest BCUT2D eigenvalue weighted by Crippen LogP contribution is 2.31. The van der Waals surface area contributed by atoms with E-state index in [9.17, 15) is 27.6 Å². The number of hydrogen-bond donors (Lipinski definition) is 0. The van der Waals surface area contributed by atoms with Gasteiger partial charge in [0.15, 0.2) is 5.78 Å². The summed E-state index contributed by atoms with van der Waals surface area (Å²) in [6.45, 7) is 2.57. The zero-order valence-corrected chi connectivity index (χ0v) is 20.4. The number of benzene rings is 2. The van der Waals surface area contributed by atoms with Crippen LogP contribution in [0.25, 0.3) is 0 Å². The number of carbonyl (C=O) groups is 3. The van der Waals surface area contributed by atoms with E-state index in [1.807, 2.05) is 30.3 Å². The number of methoxy groups -OCH3 is 1. The largest absolute Gasteiger partial charge is 0.497 e. The molecule has 0 unspecified atom stereocenters. The molecule has 3 aromatic rings. The standard InChI is InChI=1S/C26H22F3NO8/c1-25(2,23(32)37-38-24(33)26(27,28)29)36-20-13-18(34-3)10-11-19(20)22(31)17-9-12-21(30-14-17)35-15-16-7-5-4-6-8-16/h4-14H,15H2,1-3H3. The van der Waals surface area contributed by atoms with E-state index in [0.29, 0.717) is 0 Å². The van der Waals surface area contributed by atoms with Crippen LogP contribution in [0.2, 0.25) is 0 Å². The van der Waals surface area contributed by atoms with Gasteiger partial charge >= 0.3 is 18.1 Å². The summed E-state index contributed by atoms with van der Waals surface area (Å²) in [5.41, 5.74) is -0.908. The molecule has 0 bridgehead atoms. The molecular formula is C26H22F3NO8. The molecule has 1 heterocycles. The van der Waals surface area contributed by atoms with E-state index >= 15 is 0 Å². The summed E-state index contributed by atoms with van der Waals surface area (Å²) in [5, 5.41) is 0. The summed E-state index contributed by atoms with van der Waals surface area (Å²) in [5.74, 6) is -4.33. The maximum atomic E-state index is 13.2. The first-order valence-corrected chi connectivity index (χ1v) is 11.0. The second kappa shape index (κ2) is 11.6. The molecule has 0 aliphatic carbocycles. The molecule has 1 aromatic heterocycles. The molecule has 9 nitrogen and oxygen atoms in total. The lowest BCUT2D eigenvalue weighted by Gasteiger charge is -2.24. The van der Waals surface area contributed by atoms with E-state index in [0.717, 1.165) is 19.4 Å². The van der Waals surface area contributed by atoms with Gasteiger partial charge in [0.2, 0.25) is 11.5 Å². The molecule has 0 N–H and O–H groups in total. The van der Waals surface area contributed by atoms with E-state index in [1.165, 1.54) is 43.6 Å². The summed E-state index contributed by atoms with van der Waals surface area (Å²) in [6, 6.07) is 16.6. The predicted octanol–water partition coefficient (Wildman–Crippen LogP) is 4.62. The summed E-state index contributed by atoms with van der Waals surface area (Å²) in [6.07, 6.45) is -4.07. The highest BCUT2D eigenvalue weighted by atomic mass is 19.4. The number of carbonyl (C=O) groups excluding carboxylic acids is 3. The minimum absolute atomic E-state index is 0.0151. The molecule has 0 saturated carbocycles. The quantitative estimate of drug-likeness (QED) is 0.221. The number of ether oxygens (including phenoxy) is 3. The Labute approximate surface area is 215 Å². The molecule has 200 valence electrons. The van der Waals surface area contributed by atoms with Gasteiger partial charge in [-0.2, -0.15) is 13.2 Å². The van der Waals surface area contributed by atoms with Crippen LogP contribution in [0.5, 0.6) is 17.4 Å². The molecule has 0 radical (unpaired) electrons. The number of halogens is 3. The third-order valence-corrected chi connectivity index (χ3v) is 4.94. The number of aromatic nitrogens is 1. The highest BCUT2D eigenvalue weighted by Gasteiger charge is 2.44. The lowest BCUT2D eigenvalue weighted by atomic mass is 10.0. The monoisotopic (exact) mass is 533 g/mol. The van der Waals surface area contributed by atoms with Gasteiger partial charge in [-0.05, 0) is 37.6 Å². The minimum Gasteiger partial charge on any atom is -0.497 e. The van der Waals surface area contributed by atoms with Gasteiger partial charge in [0, 0.05) is 23.9 Å². The second-order valence-electron chi connectivity index (χ2n) is 8.20. The van der Waals surface area contributed by atoms with Crippen LogP contribution in [-0.4, -0.2) is 41.6 Å². The average molecular weight is 533 g/mol. The molecule has 2 aromatic carbocycles. The summed E-state index contributed by atoms with van der Waals surface area (Å²) >= 11 is 0. The smallest absolute Gasteiger partial charge is 0.495 e. The fourth-order valence-electron chi connectivity index (χ4n) is 2.93. The van der Waals surface area contributed by atoms with Crippen LogP contribution in [0.4, 0.5) is 13.2 Å². The van der Waals surface area contributed by atoms with Gasteiger partial charge in [0.25, 0.3) is 0 Å². The van der Waals surface area contributed by atoms with Crippen LogP contribution in [0, 0.1) is 0 Å². The van der Waals surface area contributed by atoms with Crippen molar-refractivity contribution in [1.29, 1.82) is 0 Å². The first-order chi connectivity index (χ1) is 17.9. The van der Waals surface area contributed by atoms with Crippen LogP contribution in [0.15, 0.2) is 66.9 Å². The molecule has 0 aliphatic rings. The summed E-state index contributed by atoms with van der Waals surface area (Å²) in [4.78, 5) is 48.0. The summed E-state index contributed by atoms with van der Waals surface area (Å²) in [7, 11) is 1.36. The lowest BCUT2D eigenvalue weighted by Crippen LogP contribution is -2.41. The van der Waals surface area contributed by atoms with Crippen LogP contribution in [-0.2, 0) is 26.0 Å². The van der Waals surface area contributed by atoms with Gasteiger partial charge in [-0.15, -0.1) is 0 Å². The zero-order chi connectivity index (χ0) is 27.9. The molecule has 0 aliphatic heterocycles. The Kier molecular flexibility index (Phi) is 8.56. The Morgan fingerprint density at radius 2 is 1.58 bits per heavy atom. The Morgan fingerprint density at radius 3 is 2.18 bits per heavy atom. The van der Waals surface area contributed by atoms with Crippen LogP contribution in [0.3, 0.4) is 0 Å². The predicted molar refractivity (Wildman–Crippen MR) is 124 cm³/mol. The number of hydrogen-bond acceptors (Lipinski definition) is 9. The number of nitrogens with zero attached hydrogens (tertiary/aromatic N) is 1. The molecule has 12 heteroatoms. The first kappa shape index (κ1) is 28.0. The van der Waals surface area contributed by atoms with Gasteiger partial charge in [-0.25, -0.2) is 24.3 Å². The van der Waals surface area contributed by atoms with Crippen LogP contribution >= 0.6 is 0 Å². The molecule has 0 fully saturated rings. The Hall–Kier alpha value is -4.61. The van der Waals surface area contributed by atoms with Crippen molar-refractivity contribution in [2.45, 2.75) is 32.2 Å². The Morgan fingerprint density at radius 1 is 0.895 bits per heavy atom. The van der Waals surface area contributed by atoms with Gasteiger partial charge in [0.1, 0.15) is 18.1 Å². The highest BCUT2D eigenvalue weighted by molar-refractivity contribution is 6.10. The number of pyridine rings is 1. The molecule has 3 rings (SSSR count). The molecule has 0 atom stereocenters. The molecule has 0 spiro atoms. The molecule has 0 saturated heterocycles. The maximum absolute atomic E-state index is 13.2. The lowest BCUT2D eigenvalue weighted by molar-refractivity contribution is -0.291. The second-order valence-corrected chi connectivity index (χ2v) is 8.20. The van der Waals surface area contributed by atoms with Crippen LogP contribution in [0.1, 0.15) is 35.3 Å². The van der Waals surface area contributed by atoms with Crippen molar-refractivity contribution in [2.24, 2.45) is 0 Å². The van der Waals surface area contributed by atoms with Gasteiger partial charge in [-0.1, -0.05) is 30.3 Å². The first-order valence-electron chi connectivity index (χ1n) is 11.0. The Bertz CT molecular complexity index is 1290. The Balaban J connectivity index is 1.76. The van der Waals surface area contributed by atoms with Gasteiger partial charge < -0.3 is 14.2 Å². The van der Waals surface area contributed by atoms with Gasteiger partial charge in [0.05, 0.1) is 12.7 Å². The van der Waals surface area contributed by atoms with Crippen molar-refractivity contribution in [3.8, 4) is 17.4 Å². The van der Waals surface area contributed by atoms with Crippen molar-refractivity contribution in [2.75, 3.05) is 7.11 Å². The fraction of sp³-hybridized carbons (Fsp3) is 0.231. The summed E-state index contributed by atoms with van der Waals surface area (Å²) < 4.78 is 53.3. The third-order valence-electron chi connectivity index (χ3n) is 4.94. The van der Waals surface area contributed by atoms with Crippen LogP contribution < -0.4 is 14.2 Å². The number of ketones is 1. The normalized spacial score (nSPS) is 11.3. The van der Waals surface area contributed by atoms with E-state index in [4.69, 9.17) is 14.2 Å². The van der Waals surface area contributed by atoms with Crippen molar-refractivity contribution in [1.82, 2.24) is 4.98 Å². The van der Waals surface area contributed by atoms with E-state index in [2.05, 4.69) is 14.8 Å². The van der Waals surface area contributed by atoms with Crippen molar-refractivity contribution in [3.63, 3.8) is 0 Å². The molecule has 38 heavy (non-hydrogen) atoms. The topological polar surface area (TPSA) is 110 Å². The maximum Gasteiger partial charge on any atom is 0.495 e. The van der Waals surface area contributed by atoms with E-state index < -0.39 is 29.5 Å². The SMILES string of the molecule is COc1ccc(C(=O)c2ccc(OCc3ccccc3)nc2)c(OC(C)(C)C(=O)OOC(=O)C(F)(F)F)c1. The average Bonchev–Trinajstić information content (AvgIpc) is 2.90. The minimum atomic E-state index is -5.37. The van der Waals surface area contributed by atoms with Crippen molar-refractivity contribution >= 4 is 17.7 Å². The fourth-order valence-corrected chi connectivity index (χ4v) is 2.93. The van der Waals surface area contributed by atoms with Gasteiger partial charge in [-0.3, -0.25) is 4.79 Å². The molecule has 0 amide bonds. The zero-order valence-electron chi connectivity index (χ0n) is 20.4. The number of rotatable bonds is 9. The third kappa shape index (κ3) is 7.21. The van der Waals surface area contributed by atoms with Crippen molar-refractivity contribution < 1.29 is 51.5 Å². The number of alkyl halides is 3.